The Kier molecular flexibility index (Phi) is 12.7. The van der Waals surface area contributed by atoms with Gasteiger partial charge in [-0.1, -0.05) is 44.2 Å². The number of benzene rings is 2. The van der Waals surface area contributed by atoms with Gasteiger partial charge in [0.25, 0.3) is 5.91 Å². The molecule has 0 bridgehead atoms. The fraction of sp³-hybridized carbons (Fsp3) is 0.500. The van der Waals surface area contributed by atoms with Crippen molar-refractivity contribution in [1.29, 1.82) is 0 Å². The molecule has 3 amide bonds. The molecule has 2 atom stereocenters. The second-order valence-electron chi connectivity index (χ2n) is 15.2. The Morgan fingerprint density at radius 2 is 1.64 bits per heavy atom. The molecule has 0 saturated carbocycles. The van der Waals surface area contributed by atoms with Gasteiger partial charge < -0.3 is 20.4 Å². The number of amides is 3. The zero-order valence-corrected chi connectivity index (χ0v) is 31.5. The van der Waals surface area contributed by atoms with Crippen molar-refractivity contribution in [2.75, 3.05) is 42.9 Å². The highest BCUT2D eigenvalue weighted by Crippen LogP contribution is 2.37. The molecule has 292 valence electrons. The number of aromatic nitrogens is 3. The van der Waals surface area contributed by atoms with Crippen LogP contribution < -0.4 is 20.9 Å². The first-order valence-electron chi connectivity index (χ1n) is 20.1. The van der Waals surface area contributed by atoms with E-state index in [9.17, 15) is 23.2 Å². The summed E-state index contributed by atoms with van der Waals surface area (Å²) >= 11 is 0. The van der Waals surface area contributed by atoms with Crippen molar-refractivity contribution in [3.05, 3.63) is 89.2 Å². The molecule has 0 aliphatic carbocycles. The van der Waals surface area contributed by atoms with Crippen molar-refractivity contribution in [1.82, 2.24) is 30.1 Å². The number of likely N-dealkylation sites (tertiary alicyclic amines) is 1. The van der Waals surface area contributed by atoms with E-state index >= 15 is 0 Å². The molecule has 1 unspecified atom stereocenters. The van der Waals surface area contributed by atoms with Gasteiger partial charge in [0.1, 0.15) is 29.1 Å². The maximum Gasteiger partial charge on any atom is 0.256 e. The van der Waals surface area contributed by atoms with E-state index in [-0.39, 0.29) is 29.8 Å². The summed E-state index contributed by atoms with van der Waals surface area (Å²) in [5.41, 5.74) is 3.42. The normalized spacial score (nSPS) is 19.6. The van der Waals surface area contributed by atoms with Gasteiger partial charge in [-0.25, -0.2) is 18.3 Å². The van der Waals surface area contributed by atoms with Gasteiger partial charge in [-0.3, -0.25) is 19.7 Å². The van der Waals surface area contributed by atoms with E-state index < -0.39 is 11.6 Å². The van der Waals surface area contributed by atoms with Gasteiger partial charge in [0, 0.05) is 37.0 Å². The molecule has 3 aliphatic rings. The molecule has 7 rings (SSSR count). The Morgan fingerprint density at radius 1 is 0.873 bits per heavy atom. The molecule has 3 aliphatic heterocycles. The zero-order valence-electron chi connectivity index (χ0n) is 31.5. The number of anilines is 2. The molecular weight excluding hydrogens is 703 g/mol. The molecule has 2 aromatic heterocycles. The number of hydrogen-bond donors (Lipinski definition) is 3. The monoisotopic (exact) mass is 754 g/mol. The van der Waals surface area contributed by atoms with Crippen molar-refractivity contribution < 1.29 is 23.2 Å². The number of piperidine rings is 2. The summed E-state index contributed by atoms with van der Waals surface area (Å²) in [6.07, 6.45) is 16.0. The first-order valence-corrected chi connectivity index (χ1v) is 20.1. The summed E-state index contributed by atoms with van der Waals surface area (Å²) in [6.45, 7) is 4.64. The van der Waals surface area contributed by atoms with Crippen molar-refractivity contribution >= 4 is 34.9 Å². The van der Waals surface area contributed by atoms with E-state index in [1.807, 2.05) is 17.0 Å². The van der Waals surface area contributed by atoms with Crippen LogP contribution in [0.2, 0.25) is 0 Å². The number of rotatable bonds is 16. The Morgan fingerprint density at radius 3 is 2.42 bits per heavy atom. The molecule has 13 heteroatoms. The van der Waals surface area contributed by atoms with Gasteiger partial charge in [-0.15, -0.1) is 0 Å². The Hall–Kier alpha value is -4.91. The topological polar surface area (TPSA) is 124 Å². The lowest BCUT2D eigenvalue weighted by molar-refractivity contribution is -0.133. The van der Waals surface area contributed by atoms with E-state index in [1.54, 1.807) is 16.8 Å². The van der Waals surface area contributed by atoms with E-state index in [2.05, 4.69) is 38.1 Å². The smallest absolute Gasteiger partial charge is 0.256 e. The number of unbranched alkanes of at least 4 members (excludes halogenated alkanes) is 6. The van der Waals surface area contributed by atoms with Crippen LogP contribution in [0.1, 0.15) is 117 Å². The van der Waals surface area contributed by atoms with Crippen LogP contribution in [-0.2, 0) is 9.59 Å². The highest BCUT2D eigenvalue weighted by molar-refractivity contribution is 6.01. The first-order chi connectivity index (χ1) is 26.8. The lowest BCUT2D eigenvalue weighted by Crippen LogP contribution is -2.47. The van der Waals surface area contributed by atoms with Gasteiger partial charge in [-0.05, 0) is 112 Å². The highest BCUT2D eigenvalue weighted by atomic mass is 19.1. The van der Waals surface area contributed by atoms with E-state index in [0.29, 0.717) is 60.9 Å². The van der Waals surface area contributed by atoms with Crippen molar-refractivity contribution in [2.24, 2.45) is 0 Å². The van der Waals surface area contributed by atoms with Crippen LogP contribution in [0.4, 0.5) is 20.3 Å². The average Bonchev–Trinajstić information content (AvgIpc) is 3.86. The molecule has 3 saturated heterocycles. The molecule has 55 heavy (non-hydrogen) atoms. The molecule has 0 radical (unpaired) electrons. The fourth-order valence-corrected chi connectivity index (χ4v) is 8.33. The lowest BCUT2D eigenvalue weighted by Gasteiger charge is -2.32. The minimum atomic E-state index is -0.467. The van der Waals surface area contributed by atoms with E-state index in [0.717, 1.165) is 69.9 Å². The highest BCUT2D eigenvalue weighted by Gasteiger charge is 2.31. The van der Waals surface area contributed by atoms with E-state index in [1.165, 1.54) is 49.6 Å². The zero-order chi connectivity index (χ0) is 38.1. The van der Waals surface area contributed by atoms with Crippen molar-refractivity contribution in [2.45, 2.75) is 101 Å². The molecule has 3 fully saturated rings. The number of halogens is 2. The Bertz CT molecular complexity index is 1940. The number of imide groups is 1. The maximum absolute atomic E-state index is 14.6. The number of hydrogen-bond acceptors (Lipinski definition) is 8. The fourth-order valence-electron chi connectivity index (χ4n) is 8.33. The second kappa shape index (κ2) is 18.1. The third-order valence-corrected chi connectivity index (χ3v) is 11.4. The predicted molar refractivity (Wildman–Crippen MR) is 208 cm³/mol. The first kappa shape index (κ1) is 38.4. The number of nitrogens with one attached hydrogen (secondary N) is 3. The van der Waals surface area contributed by atoms with Crippen LogP contribution >= 0.6 is 0 Å². The summed E-state index contributed by atoms with van der Waals surface area (Å²) in [7, 11) is 0. The Labute approximate surface area is 321 Å². The summed E-state index contributed by atoms with van der Waals surface area (Å²) in [5.74, 6) is -0.391. The largest absolute Gasteiger partial charge is 0.374 e. The van der Waals surface area contributed by atoms with Crippen LogP contribution in [0, 0.1) is 11.6 Å². The van der Waals surface area contributed by atoms with Gasteiger partial charge in [-0.2, -0.15) is 5.10 Å². The summed E-state index contributed by atoms with van der Waals surface area (Å²) in [5, 5.41) is 13.0. The van der Waals surface area contributed by atoms with Crippen molar-refractivity contribution in [3.63, 3.8) is 0 Å². The summed E-state index contributed by atoms with van der Waals surface area (Å²) in [6, 6.07) is 13.1. The molecule has 2 aromatic carbocycles. The maximum atomic E-state index is 14.6. The standard InChI is InChI=1S/C42H52F2N8O3/c43-31-12-15-35(44)33(27-31)37-9-8-23-51(37)38-20-26-52-40(48-38)34(28-46-52)41(54)45-21-6-4-2-1-3-5-7-22-50-24-18-30(19-25-50)29-10-13-32(14-11-29)47-36-16-17-39(53)49-42(36)55/h10-15,20,26-28,30,36-37,47H,1-9,16-19,21-25H2,(H,45,54)(H,49,53,55)/t36?,37-/m1/s1. The third kappa shape index (κ3) is 9.67. The number of nitrogens with zero attached hydrogens (tertiary/aromatic N) is 5. The summed E-state index contributed by atoms with van der Waals surface area (Å²) in [4.78, 5) is 45.9. The molecule has 0 spiro atoms. The number of carbonyl (C=O) groups is 3. The SMILES string of the molecule is O=C1CCC(Nc2ccc(C3CCN(CCCCCCCCCNC(=O)c4cnn5ccc(N6CCC[C@@H]6c6cc(F)ccc6F)nc45)CC3)cc2)C(=O)N1. The van der Waals surface area contributed by atoms with Crippen molar-refractivity contribution in [3.8, 4) is 0 Å². The molecule has 4 aromatic rings. The van der Waals surface area contributed by atoms with Crippen LogP contribution in [0.15, 0.2) is 60.9 Å². The minimum Gasteiger partial charge on any atom is -0.374 e. The minimum absolute atomic E-state index is 0.201. The number of carbonyl (C=O) groups excluding carboxylic acids is 3. The van der Waals surface area contributed by atoms with Gasteiger partial charge in [0.05, 0.1) is 12.2 Å². The lowest BCUT2D eigenvalue weighted by atomic mass is 9.89. The molecular formula is C42H52F2N8O3. The van der Waals surface area contributed by atoms with Gasteiger partial charge in [0.15, 0.2) is 5.65 Å². The van der Waals surface area contributed by atoms with Gasteiger partial charge in [0.2, 0.25) is 11.8 Å². The van der Waals surface area contributed by atoms with Crippen LogP contribution in [0.25, 0.3) is 5.65 Å². The van der Waals surface area contributed by atoms with Crippen LogP contribution in [0.5, 0.6) is 0 Å². The van der Waals surface area contributed by atoms with Gasteiger partial charge >= 0.3 is 0 Å². The Balaban J connectivity index is 0.751. The molecule has 5 heterocycles. The van der Waals surface area contributed by atoms with E-state index in [4.69, 9.17) is 4.98 Å². The number of fused-ring (bicyclic) bond motifs is 1. The molecule has 11 nitrogen and oxygen atoms in total. The summed E-state index contributed by atoms with van der Waals surface area (Å²) < 4.78 is 30.2. The predicted octanol–water partition coefficient (Wildman–Crippen LogP) is 6.91. The third-order valence-electron chi connectivity index (χ3n) is 11.4. The molecule has 3 N–H and O–H groups in total. The van der Waals surface area contributed by atoms with Crippen LogP contribution in [-0.4, -0.2) is 76.0 Å². The average molecular weight is 755 g/mol. The second-order valence-corrected chi connectivity index (χ2v) is 15.2. The quantitative estimate of drug-likeness (QED) is 0.0834. The van der Waals surface area contributed by atoms with Crippen LogP contribution in [0.3, 0.4) is 0 Å².